The molecule has 120 valence electrons. The van der Waals surface area contributed by atoms with Gasteiger partial charge in [-0.3, -0.25) is 9.69 Å². The van der Waals surface area contributed by atoms with Crippen LogP contribution in [0.1, 0.15) is 50.0 Å². The smallest absolute Gasteiger partial charge is 0.238 e. The van der Waals surface area contributed by atoms with Crippen molar-refractivity contribution in [2.75, 3.05) is 25.0 Å². The second-order valence-corrected chi connectivity index (χ2v) is 6.79. The molecule has 0 unspecified atom stereocenters. The van der Waals surface area contributed by atoms with E-state index in [1.807, 2.05) is 12.1 Å². The maximum atomic E-state index is 12.1. The second kappa shape index (κ2) is 7.25. The van der Waals surface area contributed by atoms with Crippen molar-refractivity contribution in [2.45, 2.75) is 50.5 Å². The highest BCUT2D eigenvalue weighted by Gasteiger charge is 2.21. The molecule has 1 saturated heterocycles. The SMILES string of the molecule is N[C@H]1CCN(CC(=O)Nc2ccc(C3CCCCC3)cc2)C1. The molecular formula is C18H27N3O. The van der Waals surface area contributed by atoms with Crippen LogP contribution >= 0.6 is 0 Å². The monoisotopic (exact) mass is 301 g/mol. The van der Waals surface area contributed by atoms with Gasteiger partial charge >= 0.3 is 0 Å². The molecule has 22 heavy (non-hydrogen) atoms. The van der Waals surface area contributed by atoms with E-state index < -0.39 is 0 Å². The lowest BCUT2D eigenvalue weighted by atomic mass is 9.84. The molecular weight excluding hydrogens is 274 g/mol. The van der Waals surface area contributed by atoms with E-state index in [1.54, 1.807) is 0 Å². The maximum absolute atomic E-state index is 12.1. The number of carbonyl (C=O) groups is 1. The highest BCUT2D eigenvalue weighted by atomic mass is 16.2. The molecule has 2 fully saturated rings. The van der Waals surface area contributed by atoms with Gasteiger partial charge in [0.25, 0.3) is 0 Å². The van der Waals surface area contributed by atoms with E-state index in [-0.39, 0.29) is 11.9 Å². The Morgan fingerprint density at radius 1 is 1.14 bits per heavy atom. The van der Waals surface area contributed by atoms with Gasteiger partial charge < -0.3 is 11.1 Å². The van der Waals surface area contributed by atoms with Crippen LogP contribution in [0.3, 0.4) is 0 Å². The summed E-state index contributed by atoms with van der Waals surface area (Å²) in [5.74, 6) is 0.768. The van der Waals surface area contributed by atoms with E-state index in [9.17, 15) is 4.79 Å². The first-order chi connectivity index (χ1) is 10.7. The second-order valence-electron chi connectivity index (χ2n) is 6.79. The summed E-state index contributed by atoms with van der Waals surface area (Å²) in [5, 5.41) is 2.99. The lowest BCUT2D eigenvalue weighted by Gasteiger charge is -2.22. The van der Waals surface area contributed by atoms with Crippen molar-refractivity contribution in [3.05, 3.63) is 29.8 Å². The Kier molecular flexibility index (Phi) is 5.11. The summed E-state index contributed by atoms with van der Waals surface area (Å²) in [5.41, 5.74) is 8.18. The van der Waals surface area contributed by atoms with Gasteiger partial charge in [-0.25, -0.2) is 0 Å². The summed E-state index contributed by atoms with van der Waals surface area (Å²) in [6.07, 6.45) is 7.68. The number of hydrogen-bond acceptors (Lipinski definition) is 3. The van der Waals surface area contributed by atoms with Gasteiger partial charge in [0.05, 0.1) is 6.54 Å². The van der Waals surface area contributed by atoms with Crippen molar-refractivity contribution in [3.8, 4) is 0 Å². The first-order valence-corrected chi connectivity index (χ1v) is 8.58. The third kappa shape index (κ3) is 4.08. The van der Waals surface area contributed by atoms with Crippen molar-refractivity contribution in [3.63, 3.8) is 0 Å². The van der Waals surface area contributed by atoms with Crippen LogP contribution in [0.15, 0.2) is 24.3 Å². The standard InChI is InChI=1S/C18H27N3O/c19-16-10-11-21(12-16)13-18(22)20-17-8-6-15(7-9-17)14-4-2-1-3-5-14/h6-9,14,16H,1-5,10-13,19H2,(H,20,22)/t16-/m0/s1. The molecule has 1 amide bonds. The quantitative estimate of drug-likeness (QED) is 0.899. The van der Waals surface area contributed by atoms with Gasteiger partial charge in [0.1, 0.15) is 0 Å². The number of anilines is 1. The number of nitrogens with one attached hydrogen (secondary N) is 1. The summed E-state index contributed by atoms with van der Waals surface area (Å²) in [6, 6.07) is 8.66. The number of hydrogen-bond donors (Lipinski definition) is 2. The van der Waals surface area contributed by atoms with Crippen molar-refractivity contribution in [2.24, 2.45) is 5.73 Å². The van der Waals surface area contributed by atoms with E-state index in [1.165, 1.54) is 37.7 Å². The van der Waals surface area contributed by atoms with Crippen molar-refractivity contribution < 1.29 is 4.79 Å². The van der Waals surface area contributed by atoms with E-state index >= 15 is 0 Å². The average molecular weight is 301 g/mol. The zero-order valence-corrected chi connectivity index (χ0v) is 13.3. The summed E-state index contributed by atoms with van der Waals surface area (Å²) < 4.78 is 0. The highest BCUT2D eigenvalue weighted by Crippen LogP contribution is 2.32. The predicted octanol–water partition coefficient (Wildman–Crippen LogP) is 2.71. The summed E-state index contributed by atoms with van der Waals surface area (Å²) >= 11 is 0. The van der Waals surface area contributed by atoms with Crippen LogP contribution in [-0.4, -0.2) is 36.5 Å². The number of nitrogens with two attached hydrogens (primary N) is 1. The highest BCUT2D eigenvalue weighted by molar-refractivity contribution is 5.92. The summed E-state index contributed by atoms with van der Waals surface area (Å²) in [6.45, 7) is 2.20. The topological polar surface area (TPSA) is 58.4 Å². The molecule has 1 aliphatic heterocycles. The minimum absolute atomic E-state index is 0.0551. The molecule has 1 heterocycles. The van der Waals surface area contributed by atoms with Gasteiger partial charge in [0, 0.05) is 24.8 Å². The molecule has 0 spiro atoms. The lowest BCUT2D eigenvalue weighted by molar-refractivity contribution is -0.117. The molecule has 4 nitrogen and oxygen atoms in total. The Morgan fingerprint density at radius 3 is 2.50 bits per heavy atom. The van der Waals surface area contributed by atoms with Crippen LogP contribution in [0, 0.1) is 0 Å². The fraction of sp³-hybridized carbons (Fsp3) is 0.611. The predicted molar refractivity (Wildman–Crippen MR) is 89.9 cm³/mol. The van der Waals surface area contributed by atoms with E-state index in [0.717, 1.165) is 25.2 Å². The molecule has 1 saturated carbocycles. The molecule has 3 rings (SSSR count). The van der Waals surface area contributed by atoms with Gasteiger partial charge in [-0.05, 0) is 42.9 Å². The van der Waals surface area contributed by atoms with Crippen LogP contribution in [0.5, 0.6) is 0 Å². The largest absolute Gasteiger partial charge is 0.326 e. The van der Waals surface area contributed by atoms with Gasteiger partial charge in [0.15, 0.2) is 0 Å². The molecule has 0 radical (unpaired) electrons. The number of carbonyl (C=O) groups excluding carboxylic acids is 1. The van der Waals surface area contributed by atoms with Crippen LogP contribution in [0.2, 0.25) is 0 Å². The first kappa shape index (κ1) is 15.5. The fourth-order valence-electron chi connectivity index (χ4n) is 3.68. The van der Waals surface area contributed by atoms with Crippen molar-refractivity contribution >= 4 is 11.6 Å². The van der Waals surface area contributed by atoms with Crippen molar-refractivity contribution in [1.82, 2.24) is 4.90 Å². The molecule has 2 aliphatic rings. The number of amides is 1. The fourth-order valence-corrected chi connectivity index (χ4v) is 3.68. The Labute approximate surface area is 133 Å². The van der Waals surface area contributed by atoms with Gasteiger partial charge in [-0.15, -0.1) is 0 Å². The van der Waals surface area contributed by atoms with E-state index in [0.29, 0.717) is 12.5 Å². The zero-order valence-electron chi connectivity index (χ0n) is 13.3. The van der Waals surface area contributed by atoms with Gasteiger partial charge in [-0.2, -0.15) is 0 Å². The Morgan fingerprint density at radius 2 is 1.86 bits per heavy atom. The van der Waals surface area contributed by atoms with E-state index in [4.69, 9.17) is 5.73 Å². The minimum atomic E-state index is 0.0551. The van der Waals surface area contributed by atoms with E-state index in [2.05, 4.69) is 22.3 Å². The minimum Gasteiger partial charge on any atom is -0.326 e. The van der Waals surface area contributed by atoms with Crippen LogP contribution in [0.25, 0.3) is 0 Å². The molecule has 4 heteroatoms. The maximum Gasteiger partial charge on any atom is 0.238 e. The third-order valence-electron chi connectivity index (χ3n) is 4.95. The van der Waals surface area contributed by atoms with Gasteiger partial charge in [0.2, 0.25) is 5.91 Å². The Hall–Kier alpha value is -1.39. The van der Waals surface area contributed by atoms with Gasteiger partial charge in [-0.1, -0.05) is 31.4 Å². The number of benzene rings is 1. The first-order valence-electron chi connectivity index (χ1n) is 8.58. The normalized spacial score (nSPS) is 23.6. The third-order valence-corrected chi connectivity index (χ3v) is 4.95. The Balaban J connectivity index is 1.51. The number of nitrogens with zero attached hydrogens (tertiary/aromatic N) is 1. The average Bonchev–Trinajstić information content (AvgIpc) is 2.94. The number of rotatable bonds is 4. The van der Waals surface area contributed by atoms with Crippen LogP contribution in [-0.2, 0) is 4.79 Å². The molecule has 1 atom stereocenters. The van der Waals surface area contributed by atoms with Crippen LogP contribution in [0.4, 0.5) is 5.69 Å². The molecule has 0 aromatic heterocycles. The van der Waals surface area contributed by atoms with Crippen molar-refractivity contribution in [1.29, 1.82) is 0 Å². The van der Waals surface area contributed by atoms with Crippen LogP contribution < -0.4 is 11.1 Å². The molecule has 1 aliphatic carbocycles. The Bertz CT molecular complexity index is 494. The lowest BCUT2D eigenvalue weighted by Crippen LogP contribution is -2.33. The zero-order chi connectivity index (χ0) is 15.4. The number of likely N-dealkylation sites (tertiary alicyclic amines) is 1. The summed E-state index contributed by atoms with van der Waals surface area (Å²) in [7, 11) is 0. The molecule has 0 bridgehead atoms. The molecule has 1 aromatic carbocycles. The summed E-state index contributed by atoms with van der Waals surface area (Å²) in [4.78, 5) is 14.2. The molecule has 3 N–H and O–H groups in total. The molecule has 1 aromatic rings.